The van der Waals surface area contributed by atoms with Gasteiger partial charge in [0.15, 0.2) is 5.54 Å². The highest BCUT2D eigenvalue weighted by Gasteiger charge is 2.66. The molecule has 9 heteroatoms. The van der Waals surface area contributed by atoms with E-state index in [0.717, 1.165) is 0 Å². The Balaban J connectivity index is 1.66. The number of para-hydroxylation sites is 1. The van der Waals surface area contributed by atoms with Gasteiger partial charge in [-0.3, -0.25) is 19.3 Å². The number of fused-ring (bicyclic) bond motifs is 2. The zero-order valence-electron chi connectivity index (χ0n) is 20.4. The quantitative estimate of drug-likeness (QED) is 0.375. The maximum absolute atomic E-state index is 14.0. The highest BCUT2D eigenvalue weighted by molar-refractivity contribution is 6.50. The Kier molecular flexibility index (Phi) is 6.27. The Hall–Kier alpha value is -3.69. The average Bonchev–Trinajstić information content (AvgIpc) is 3.26. The molecule has 1 atom stereocenters. The van der Waals surface area contributed by atoms with Crippen molar-refractivity contribution in [2.75, 3.05) is 57.9 Å². The summed E-state index contributed by atoms with van der Waals surface area (Å²) < 4.78 is 10.9. The van der Waals surface area contributed by atoms with Crippen LogP contribution in [0, 0.1) is 0 Å². The summed E-state index contributed by atoms with van der Waals surface area (Å²) in [6.45, 7) is 5.56. The second-order valence-corrected chi connectivity index (χ2v) is 9.01. The van der Waals surface area contributed by atoms with Crippen molar-refractivity contribution < 1.29 is 29.0 Å². The number of benzene rings is 2. The predicted octanol–water partition coefficient (Wildman–Crippen LogP) is 1.97. The van der Waals surface area contributed by atoms with Gasteiger partial charge in [0.1, 0.15) is 11.5 Å². The van der Waals surface area contributed by atoms with Crippen molar-refractivity contribution in [3.05, 3.63) is 65.2 Å². The van der Waals surface area contributed by atoms with Gasteiger partial charge >= 0.3 is 0 Å². The minimum absolute atomic E-state index is 0.151. The van der Waals surface area contributed by atoms with Gasteiger partial charge in [-0.25, -0.2) is 0 Å². The Labute approximate surface area is 209 Å². The monoisotopic (exact) mass is 491 g/mol. The highest BCUT2D eigenvalue weighted by atomic mass is 16.5. The van der Waals surface area contributed by atoms with Crippen molar-refractivity contribution in [3.63, 3.8) is 0 Å². The van der Waals surface area contributed by atoms with E-state index in [1.165, 1.54) is 9.80 Å². The number of likely N-dealkylation sites (tertiary alicyclic amines) is 1. The van der Waals surface area contributed by atoms with Crippen LogP contribution >= 0.6 is 0 Å². The Morgan fingerprint density at radius 3 is 2.42 bits per heavy atom. The van der Waals surface area contributed by atoms with Gasteiger partial charge in [-0.1, -0.05) is 18.2 Å². The number of hydrogen-bond acceptors (Lipinski definition) is 7. The summed E-state index contributed by atoms with van der Waals surface area (Å²) in [6, 6.07) is 13.7. The van der Waals surface area contributed by atoms with E-state index in [2.05, 4.69) is 4.90 Å². The largest absolute Gasteiger partial charge is 0.507 e. The SMILES string of the molecule is CCOc1ccc(/C(O)=C2\C(=O)C(=O)N(CCN3CCOCC3)C23C(=O)N(C)c2ccccc23)cc1. The molecule has 2 saturated heterocycles. The van der Waals surface area contributed by atoms with Crippen LogP contribution in [0.5, 0.6) is 5.75 Å². The first kappa shape index (κ1) is 24.0. The molecule has 2 fully saturated rings. The third kappa shape index (κ3) is 3.58. The molecule has 3 aliphatic rings. The summed E-state index contributed by atoms with van der Waals surface area (Å²) in [4.78, 5) is 46.0. The molecule has 0 aliphatic carbocycles. The highest BCUT2D eigenvalue weighted by Crippen LogP contribution is 2.53. The van der Waals surface area contributed by atoms with E-state index < -0.39 is 23.1 Å². The van der Waals surface area contributed by atoms with E-state index in [1.807, 2.05) is 6.92 Å². The minimum atomic E-state index is -1.74. The van der Waals surface area contributed by atoms with Gasteiger partial charge in [0.25, 0.3) is 17.6 Å². The number of aliphatic hydroxyl groups excluding tert-OH is 1. The summed E-state index contributed by atoms with van der Waals surface area (Å²) in [7, 11) is 1.62. The van der Waals surface area contributed by atoms with E-state index in [4.69, 9.17) is 9.47 Å². The van der Waals surface area contributed by atoms with Gasteiger partial charge in [0.05, 0.1) is 25.4 Å². The van der Waals surface area contributed by atoms with Crippen molar-refractivity contribution >= 4 is 29.0 Å². The van der Waals surface area contributed by atoms with E-state index >= 15 is 0 Å². The first-order valence-electron chi connectivity index (χ1n) is 12.1. The molecule has 0 radical (unpaired) electrons. The lowest BCUT2D eigenvalue weighted by molar-refractivity contribution is -0.144. The van der Waals surface area contributed by atoms with Crippen molar-refractivity contribution in [3.8, 4) is 5.75 Å². The van der Waals surface area contributed by atoms with Gasteiger partial charge in [-0.15, -0.1) is 0 Å². The van der Waals surface area contributed by atoms with Crippen LogP contribution in [0.25, 0.3) is 5.76 Å². The second-order valence-electron chi connectivity index (χ2n) is 9.01. The van der Waals surface area contributed by atoms with Gasteiger partial charge in [0.2, 0.25) is 0 Å². The van der Waals surface area contributed by atoms with Gasteiger partial charge in [0, 0.05) is 50.0 Å². The molecular formula is C27H29N3O6. The van der Waals surface area contributed by atoms with Crippen molar-refractivity contribution in [1.29, 1.82) is 0 Å². The van der Waals surface area contributed by atoms with Crippen LogP contribution in [0.1, 0.15) is 18.1 Å². The fraction of sp³-hybridized carbons (Fsp3) is 0.370. The number of aliphatic hydroxyl groups is 1. The number of anilines is 1. The van der Waals surface area contributed by atoms with Crippen LogP contribution in [-0.2, 0) is 24.7 Å². The van der Waals surface area contributed by atoms with Gasteiger partial charge < -0.3 is 24.4 Å². The van der Waals surface area contributed by atoms with Crippen LogP contribution in [0.4, 0.5) is 5.69 Å². The van der Waals surface area contributed by atoms with E-state index in [9.17, 15) is 19.5 Å². The first-order valence-corrected chi connectivity index (χ1v) is 12.1. The number of nitrogens with zero attached hydrogens (tertiary/aromatic N) is 3. The molecule has 0 saturated carbocycles. The number of amides is 2. The van der Waals surface area contributed by atoms with E-state index in [-0.39, 0.29) is 17.9 Å². The summed E-state index contributed by atoms with van der Waals surface area (Å²) in [5.41, 5.74) is -0.525. The van der Waals surface area contributed by atoms with Crippen LogP contribution in [0.2, 0.25) is 0 Å². The summed E-state index contributed by atoms with van der Waals surface area (Å²) in [5.74, 6) is -1.89. The topological polar surface area (TPSA) is 99.6 Å². The number of carbonyl (C=O) groups excluding carboxylic acids is 3. The molecule has 3 aliphatic heterocycles. The third-order valence-corrected chi connectivity index (χ3v) is 7.12. The minimum Gasteiger partial charge on any atom is -0.507 e. The molecular weight excluding hydrogens is 462 g/mol. The Morgan fingerprint density at radius 1 is 1.03 bits per heavy atom. The molecule has 2 aromatic carbocycles. The number of ether oxygens (including phenoxy) is 2. The Bertz CT molecular complexity index is 1230. The maximum Gasteiger partial charge on any atom is 0.296 e. The lowest BCUT2D eigenvalue weighted by Gasteiger charge is -2.36. The maximum atomic E-state index is 14.0. The summed E-state index contributed by atoms with van der Waals surface area (Å²) in [6.07, 6.45) is 0. The smallest absolute Gasteiger partial charge is 0.296 e. The molecule has 2 amide bonds. The standard InChI is InChI=1S/C27H29N3O6/c1-3-36-19-10-8-18(9-11-19)23(31)22-24(32)25(33)30(13-12-29-14-16-35-17-15-29)27(22)20-6-4-5-7-21(20)28(2)26(27)34/h4-11,31H,3,12-17H2,1-2H3/b23-22-. The third-order valence-electron chi connectivity index (χ3n) is 7.12. The molecule has 9 nitrogen and oxygen atoms in total. The molecule has 5 rings (SSSR count). The molecule has 3 heterocycles. The number of carbonyl (C=O) groups is 3. The zero-order chi connectivity index (χ0) is 25.4. The van der Waals surface area contributed by atoms with Crippen molar-refractivity contribution in [2.24, 2.45) is 0 Å². The van der Waals surface area contributed by atoms with E-state index in [1.54, 1.807) is 55.6 Å². The molecule has 0 bridgehead atoms. The molecule has 188 valence electrons. The molecule has 2 aromatic rings. The zero-order valence-corrected chi connectivity index (χ0v) is 20.4. The van der Waals surface area contributed by atoms with Crippen LogP contribution in [0.3, 0.4) is 0 Å². The fourth-order valence-electron chi connectivity index (χ4n) is 5.36. The number of morpholine rings is 1. The average molecular weight is 492 g/mol. The van der Waals surface area contributed by atoms with Gasteiger partial charge in [-0.2, -0.15) is 0 Å². The Morgan fingerprint density at radius 2 is 1.72 bits per heavy atom. The lowest BCUT2D eigenvalue weighted by Crippen LogP contribution is -2.53. The number of hydrogen-bond donors (Lipinski definition) is 1. The number of ketones is 1. The normalized spacial score (nSPS) is 23.6. The lowest BCUT2D eigenvalue weighted by atomic mass is 9.82. The van der Waals surface area contributed by atoms with Crippen molar-refractivity contribution in [2.45, 2.75) is 12.5 Å². The predicted molar refractivity (Wildman–Crippen MR) is 133 cm³/mol. The van der Waals surface area contributed by atoms with Crippen LogP contribution in [-0.4, -0.2) is 85.6 Å². The second kappa shape index (κ2) is 9.40. The molecule has 1 N–H and O–H groups in total. The molecule has 1 unspecified atom stereocenters. The molecule has 36 heavy (non-hydrogen) atoms. The van der Waals surface area contributed by atoms with Gasteiger partial charge in [-0.05, 0) is 37.3 Å². The molecule has 1 spiro atoms. The molecule has 0 aromatic heterocycles. The number of rotatable bonds is 6. The van der Waals surface area contributed by atoms with Crippen LogP contribution < -0.4 is 9.64 Å². The summed E-state index contributed by atoms with van der Waals surface area (Å²) >= 11 is 0. The number of Topliss-reactive ketones (excluding diaryl/α,β-unsaturated/α-hetero) is 1. The van der Waals surface area contributed by atoms with E-state index in [0.29, 0.717) is 62.0 Å². The van der Waals surface area contributed by atoms with Crippen LogP contribution in [0.15, 0.2) is 54.1 Å². The van der Waals surface area contributed by atoms with Crippen molar-refractivity contribution in [1.82, 2.24) is 9.80 Å². The fourth-order valence-corrected chi connectivity index (χ4v) is 5.36. The number of likely N-dealkylation sites (N-methyl/N-ethyl adjacent to an activating group) is 1. The summed E-state index contributed by atoms with van der Waals surface area (Å²) in [5, 5.41) is 11.5. The first-order chi connectivity index (χ1) is 17.4.